The minimum Gasteiger partial charge on any atom is -0.310 e. The van der Waals surface area contributed by atoms with E-state index in [4.69, 9.17) is 0 Å². The molecule has 1 heterocycles. The molecule has 0 saturated carbocycles. The molecule has 15 heavy (non-hydrogen) atoms. The molecule has 1 nitrogen and oxygen atoms in total. The lowest BCUT2D eigenvalue weighted by atomic mass is 9.98. The highest BCUT2D eigenvalue weighted by atomic mass is 32.2. The van der Waals surface area contributed by atoms with Crippen molar-refractivity contribution >= 4 is 11.8 Å². The largest absolute Gasteiger partial charge is 0.310 e. The fourth-order valence-electron chi connectivity index (χ4n) is 2.03. The van der Waals surface area contributed by atoms with Gasteiger partial charge < -0.3 is 5.32 Å². The van der Waals surface area contributed by atoms with Crippen molar-refractivity contribution in [3.63, 3.8) is 0 Å². The molecule has 1 atom stereocenters. The molecular weight excluding hydrogens is 209 g/mol. The second-order valence-electron chi connectivity index (χ2n) is 3.90. The second-order valence-corrected chi connectivity index (χ2v) is 4.74. The molecule has 3 heteroatoms. The molecule has 0 aliphatic carbocycles. The maximum atomic E-state index is 13.3. The lowest BCUT2D eigenvalue weighted by Crippen LogP contribution is -2.26. The molecule has 1 aliphatic heterocycles. The lowest BCUT2D eigenvalue weighted by molar-refractivity contribution is 0.411. The van der Waals surface area contributed by atoms with E-state index in [9.17, 15) is 4.39 Å². The number of nitrogens with one attached hydrogen (secondary N) is 1. The predicted molar refractivity (Wildman–Crippen MR) is 62.8 cm³/mol. The first kappa shape index (κ1) is 11.0. The van der Waals surface area contributed by atoms with Gasteiger partial charge in [0.05, 0.1) is 0 Å². The van der Waals surface area contributed by atoms with Crippen molar-refractivity contribution in [2.75, 3.05) is 12.8 Å². The molecule has 0 amide bonds. The molecule has 1 fully saturated rings. The molecule has 0 spiro atoms. The summed E-state index contributed by atoms with van der Waals surface area (Å²) in [5.74, 6) is -0.109. The summed E-state index contributed by atoms with van der Waals surface area (Å²) in [6.07, 6.45) is 5.60. The van der Waals surface area contributed by atoms with E-state index >= 15 is 0 Å². The first-order valence-electron chi connectivity index (χ1n) is 5.38. The summed E-state index contributed by atoms with van der Waals surface area (Å²) in [6, 6.07) is 5.88. The third-order valence-electron chi connectivity index (χ3n) is 2.89. The van der Waals surface area contributed by atoms with E-state index in [1.54, 1.807) is 6.07 Å². The molecular formula is C12H16FNS. The van der Waals surface area contributed by atoms with Crippen LogP contribution in [0, 0.1) is 5.82 Å². The minimum atomic E-state index is -0.109. The van der Waals surface area contributed by atoms with Gasteiger partial charge in [-0.05, 0) is 43.3 Å². The van der Waals surface area contributed by atoms with Gasteiger partial charge in [-0.15, -0.1) is 11.8 Å². The number of benzene rings is 1. The van der Waals surface area contributed by atoms with Crippen LogP contribution in [0.3, 0.4) is 0 Å². The van der Waals surface area contributed by atoms with Gasteiger partial charge in [0.1, 0.15) is 5.82 Å². The molecule has 0 aromatic heterocycles. The van der Waals surface area contributed by atoms with Crippen LogP contribution in [0.25, 0.3) is 0 Å². The second kappa shape index (κ2) is 4.99. The van der Waals surface area contributed by atoms with Crippen molar-refractivity contribution < 1.29 is 4.39 Å². The summed E-state index contributed by atoms with van der Waals surface area (Å²) < 4.78 is 13.3. The van der Waals surface area contributed by atoms with E-state index < -0.39 is 0 Å². The van der Waals surface area contributed by atoms with Gasteiger partial charge in [0.25, 0.3) is 0 Å². The summed E-state index contributed by atoms with van der Waals surface area (Å²) in [7, 11) is 0. The Morgan fingerprint density at radius 1 is 1.40 bits per heavy atom. The standard InChI is InChI=1S/C12H16FNS/c1-15-12-8-9(5-6-10(12)13)11-4-2-3-7-14-11/h5-6,8,11,14H,2-4,7H2,1H3. The molecule has 1 aromatic carbocycles. The van der Waals surface area contributed by atoms with Crippen LogP contribution in [0.2, 0.25) is 0 Å². The maximum absolute atomic E-state index is 13.3. The van der Waals surface area contributed by atoms with Crippen LogP contribution in [0.15, 0.2) is 23.1 Å². The Kier molecular flexibility index (Phi) is 3.65. The van der Waals surface area contributed by atoms with E-state index in [1.807, 2.05) is 18.4 Å². The predicted octanol–water partition coefficient (Wildman–Crippen LogP) is 3.36. The quantitative estimate of drug-likeness (QED) is 0.775. The highest BCUT2D eigenvalue weighted by molar-refractivity contribution is 7.98. The Labute approximate surface area is 94.5 Å². The van der Waals surface area contributed by atoms with Gasteiger partial charge in [0.2, 0.25) is 0 Å². The van der Waals surface area contributed by atoms with Crippen molar-refractivity contribution in [3.05, 3.63) is 29.6 Å². The van der Waals surface area contributed by atoms with Crippen LogP contribution < -0.4 is 5.32 Å². The number of hydrogen-bond donors (Lipinski definition) is 1. The first-order chi connectivity index (χ1) is 7.31. The summed E-state index contributed by atoms with van der Waals surface area (Å²) >= 11 is 1.47. The van der Waals surface area contributed by atoms with E-state index in [0.717, 1.165) is 11.4 Å². The van der Waals surface area contributed by atoms with Crippen molar-refractivity contribution in [2.24, 2.45) is 0 Å². The highest BCUT2D eigenvalue weighted by Gasteiger charge is 2.15. The normalized spacial score (nSPS) is 21.6. The Balaban J connectivity index is 2.20. The third kappa shape index (κ3) is 2.52. The van der Waals surface area contributed by atoms with E-state index in [1.165, 1.54) is 36.6 Å². The molecule has 2 rings (SSSR count). The summed E-state index contributed by atoms with van der Waals surface area (Å²) in [5, 5.41) is 3.47. The van der Waals surface area contributed by atoms with Gasteiger partial charge in [-0.3, -0.25) is 0 Å². The highest BCUT2D eigenvalue weighted by Crippen LogP contribution is 2.27. The average Bonchev–Trinajstić information content (AvgIpc) is 2.31. The van der Waals surface area contributed by atoms with Crippen LogP contribution in [-0.4, -0.2) is 12.8 Å². The van der Waals surface area contributed by atoms with Crippen LogP contribution in [0.1, 0.15) is 30.9 Å². The van der Waals surface area contributed by atoms with Crippen molar-refractivity contribution in [1.82, 2.24) is 5.32 Å². The van der Waals surface area contributed by atoms with E-state index in [0.29, 0.717) is 6.04 Å². The number of thioether (sulfide) groups is 1. The fourth-order valence-corrected chi connectivity index (χ4v) is 2.55. The summed E-state index contributed by atoms with van der Waals surface area (Å²) in [6.45, 7) is 1.08. The van der Waals surface area contributed by atoms with Crippen LogP contribution in [0.4, 0.5) is 4.39 Å². The molecule has 1 saturated heterocycles. The van der Waals surface area contributed by atoms with Crippen LogP contribution >= 0.6 is 11.8 Å². The molecule has 1 N–H and O–H groups in total. The molecule has 0 radical (unpaired) electrons. The Morgan fingerprint density at radius 3 is 2.93 bits per heavy atom. The van der Waals surface area contributed by atoms with Crippen molar-refractivity contribution in [1.29, 1.82) is 0 Å². The smallest absolute Gasteiger partial charge is 0.136 e. The van der Waals surface area contributed by atoms with Crippen molar-refractivity contribution in [2.45, 2.75) is 30.2 Å². The molecule has 0 bridgehead atoms. The molecule has 1 aromatic rings. The topological polar surface area (TPSA) is 12.0 Å². The van der Waals surface area contributed by atoms with E-state index in [-0.39, 0.29) is 5.82 Å². The first-order valence-corrected chi connectivity index (χ1v) is 6.60. The van der Waals surface area contributed by atoms with Gasteiger partial charge in [-0.25, -0.2) is 4.39 Å². The zero-order valence-electron chi connectivity index (χ0n) is 8.92. The number of halogens is 1. The lowest BCUT2D eigenvalue weighted by Gasteiger charge is -2.24. The van der Waals surface area contributed by atoms with Gasteiger partial charge >= 0.3 is 0 Å². The van der Waals surface area contributed by atoms with Crippen LogP contribution in [-0.2, 0) is 0 Å². The minimum absolute atomic E-state index is 0.109. The fraction of sp³-hybridized carbons (Fsp3) is 0.500. The Morgan fingerprint density at radius 2 is 2.27 bits per heavy atom. The molecule has 82 valence electrons. The summed E-state index contributed by atoms with van der Waals surface area (Å²) in [4.78, 5) is 0.750. The Bertz CT molecular complexity index is 334. The Hall–Kier alpha value is -0.540. The van der Waals surface area contributed by atoms with Crippen molar-refractivity contribution in [3.8, 4) is 0 Å². The molecule has 1 unspecified atom stereocenters. The van der Waals surface area contributed by atoms with Crippen LogP contribution in [0.5, 0.6) is 0 Å². The zero-order valence-corrected chi connectivity index (χ0v) is 9.74. The number of piperidine rings is 1. The summed E-state index contributed by atoms with van der Waals surface area (Å²) in [5.41, 5.74) is 1.22. The average molecular weight is 225 g/mol. The van der Waals surface area contributed by atoms with Gasteiger partial charge in [-0.2, -0.15) is 0 Å². The van der Waals surface area contributed by atoms with E-state index in [2.05, 4.69) is 5.32 Å². The number of hydrogen-bond acceptors (Lipinski definition) is 2. The SMILES string of the molecule is CSc1cc(C2CCCCN2)ccc1F. The number of rotatable bonds is 2. The third-order valence-corrected chi connectivity index (χ3v) is 3.64. The van der Waals surface area contributed by atoms with Gasteiger partial charge in [0.15, 0.2) is 0 Å². The monoisotopic (exact) mass is 225 g/mol. The maximum Gasteiger partial charge on any atom is 0.136 e. The molecule has 1 aliphatic rings. The van der Waals surface area contributed by atoms with Gasteiger partial charge in [-0.1, -0.05) is 12.5 Å². The zero-order chi connectivity index (χ0) is 10.7. The van der Waals surface area contributed by atoms with Gasteiger partial charge in [0, 0.05) is 10.9 Å².